The summed E-state index contributed by atoms with van der Waals surface area (Å²) in [6.45, 7) is 6.44. The molecule has 0 atom stereocenters. The fourth-order valence-electron chi connectivity index (χ4n) is 2.84. The Kier molecular flexibility index (Phi) is 6.29. The van der Waals surface area contributed by atoms with E-state index in [0.717, 1.165) is 22.6 Å². The summed E-state index contributed by atoms with van der Waals surface area (Å²) >= 11 is 0. The van der Waals surface area contributed by atoms with Gasteiger partial charge >= 0.3 is 0 Å². The van der Waals surface area contributed by atoms with E-state index in [9.17, 15) is 9.59 Å². The van der Waals surface area contributed by atoms with E-state index in [1.807, 2.05) is 39.0 Å². The zero-order chi connectivity index (χ0) is 20.8. The molecule has 3 aromatic rings. The van der Waals surface area contributed by atoms with Crippen molar-refractivity contribution in [2.24, 2.45) is 0 Å². The highest BCUT2D eigenvalue weighted by Crippen LogP contribution is 2.19. The van der Waals surface area contributed by atoms with Gasteiger partial charge in [-0.05, 0) is 86.5 Å². The average molecular weight is 388 g/mol. The van der Waals surface area contributed by atoms with Gasteiger partial charge in [0.15, 0.2) is 0 Å². The van der Waals surface area contributed by atoms with Gasteiger partial charge in [0.1, 0.15) is 5.75 Å². The van der Waals surface area contributed by atoms with Crippen LogP contribution in [0, 0.1) is 13.8 Å². The Morgan fingerprint density at radius 1 is 0.793 bits per heavy atom. The summed E-state index contributed by atoms with van der Waals surface area (Å²) in [6, 6.07) is 19.7. The van der Waals surface area contributed by atoms with Crippen LogP contribution in [0.4, 0.5) is 11.4 Å². The quantitative estimate of drug-likeness (QED) is 0.609. The first-order valence-electron chi connectivity index (χ1n) is 9.49. The Morgan fingerprint density at radius 3 is 1.97 bits per heavy atom. The van der Waals surface area contributed by atoms with Gasteiger partial charge in [-0.25, -0.2) is 0 Å². The number of aryl methyl sites for hydroxylation is 2. The van der Waals surface area contributed by atoms with Crippen molar-refractivity contribution < 1.29 is 14.3 Å². The minimum absolute atomic E-state index is 0.211. The van der Waals surface area contributed by atoms with Crippen LogP contribution in [-0.4, -0.2) is 18.4 Å². The van der Waals surface area contributed by atoms with Crippen molar-refractivity contribution in [2.45, 2.75) is 20.8 Å². The third-order valence-corrected chi connectivity index (χ3v) is 4.47. The molecule has 3 aromatic carbocycles. The van der Waals surface area contributed by atoms with Gasteiger partial charge < -0.3 is 15.4 Å². The lowest BCUT2D eigenvalue weighted by molar-refractivity contribution is 0.101. The second kappa shape index (κ2) is 9.06. The van der Waals surface area contributed by atoms with Crippen molar-refractivity contribution in [1.29, 1.82) is 0 Å². The predicted molar refractivity (Wildman–Crippen MR) is 116 cm³/mol. The number of anilines is 2. The molecule has 0 aliphatic heterocycles. The highest BCUT2D eigenvalue weighted by atomic mass is 16.5. The molecule has 3 rings (SSSR count). The van der Waals surface area contributed by atoms with Crippen molar-refractivity contribution in [1.82, 2.24) is 0 Å². The maximum atomic E-state index is 12.5. The first kappa shape index (κ1) is 20.1. The molecule has 0 saturated carbocycles. The molecule has 0 heterocycles. The first-order chi connectivity index (χ1) is 14.0. The normalized spacial score (nSPS) is 10.3. The number of ether oxygens (including phenoxy) is 1. The van der Waals surface area contributed by atoms with Crippen LogP contribution in [0.25, 0.3) is 0 Å². The van der Waals surface area contributed by atoms with Crippen LogP contribution in [0.15, 0.2) is 66.7 Å². The van der Waals surface area contributed by atoms with Gasteiger partial charge in [-0.15, -0.1) is 0 Å². The number of benzene rings is 3. The van der Waals surface area contributed by atoms with Crippen molar-refractivity contribution in [3.63, 3.8) is 0 Å². The lowest BCUT2D eigenvalue weighted by atomic mass is 10.1. The molecule has 2 amide bonds. The largest absolute Gasteiger partial charge is 0.494 e. The maximum absolute atomic E-state index is 12.5. The van der Waals surface area contributed by atoms with Crippen molar-refractivity contribution >= 4 is 23.2 Å². The van der Waals surface area contributed by atoms with E-state index in [1.165, 1.54) is 0 Å². The lowest BCUT2D eigenvalue weighted by Crippen LogP contribution is -2.15. The van der Waals surface area contributed by atoms with Gasteiger partial charge in [-0.2, -0.15) is 0 Å². The molecule has 5 nitrogen and oxygen atoms in total. The van der Waals surface area contributed by atoms with Gasteiger partial charge in [0.05, 0.1) is 6.61 Å². The summed E-state index contributed by atoms with van der Waals surface area (Å²) in [7, 11) is 0. The molecule has 0 aliphatic carbocycles. The number of hydrogen-bond acceptors (Lipinski definition) is 3. The topological polar surface area (TPSA) is 67.4 Å². The maximum Gasteiger partial charge on any atom is 0.255 e. The summed E-state index contributed by atoms with van der Waals surface area (Å²) in [4.78, 5) is 24.9. The van der Waals surface area contributed by atoms with Gasteiger partial charge in [0.25, 0.3) is 11.8 Å². The summed E-state index contributed by atoms with van der Waals surface area (Å²) in [5.74, 6) is 0.303. The summed E-state index contributed by atoms with van der Waals surface area (Å²) in [6.07, 6.45) is 0. The molecule has 0 spiro atoms. The highest BCUT2D eigenvalue weighted by Gasteiger charge is 2.11. The van der Waals surface area contributed by atoms with E-state index in [4.69, 9.17) is 4.74 Å². The fourth-order valence-corrected chi connectivity index (χ4v) is 2.84. The molecule has 148 valence electrons. The third-order valence-electron chi connectivity index (χ3n) is 4.47. The van der Waals surface area contributed by atoms with E-state index in [2.05, 4.69) is 10.6 Å². The Labute approximate surface area is 170 Å². The molecular weight excluding hydrogens is 364 g/mol. The van der Waals surface area contributed by atoms with E-state index < -0.39 is 0 Å². The van der Waals surface area contributed by atoms with Crippen molar-refractivity contribution in [3.05, 3.63) is 89.0 Å². The van der Waals surface area contributed by atoms with Gasteiger partial charge in [0.2, 0.25) is 0 Å². The molecular formula is C24H24N2O3. The minimum Gasteiger partial charge on any atom is -0.494 e. The standard InChI is InChI=1S/C24H24N2O3/c1-4-29-21-13-11-20(12-14-21)25-23(27)18-7-9-19(10-8-18)24(28)26-22-15-16(2)5-6-17(22)3/h5-15H,4H2,1-3H3,(H,25,27)(H,26,28). The first-order valence-corrected chi connectivity index (χ1v) is 9.49. The number of hydrogen-bond donors (Lipinski definition) is 2. The van der Waals surface area contributed by atoms with E-state index in [-0.39, 0.29) is 11.8 Å². The number of rotatable bonds is 6. The number of nitrogens with one attached hydrogen (secondary N) is 2. The van der Waals surface area contributed by atoms with Gasteiger partial charge in [-0.3, -0.25) is 9.59 Å². The van der Waals surface area contributed by atoms with Crippen LogP contribution < -0.4 is 15.4 Å². The monoisotopic (exact) mass is 388 g/mol. The highest BCUT2D eigenvalue weighted by molar-refractivity contribution is 6.07. The van der Waals surface area contributed by atoms with Crippen LogP contribution in [0.1, 0.15) is 38.8 Å². The minimum atomic E-state index is -0.240. The van der Waals surface area contributed by atoms with E-state index in [0.29, 0.717) is 23.4 Å². The molecule has 0 aliphatic rings. The predicted octanol–water partition coefficient (Wildman–Crippen LogP) is 5.21. The molecule has 0 unspecified atom stereocenters. The second-order valence-corrected chi connectivity index (χ2v) is 6.76. The van der Waals surface area contributed by atoms with Crippen molar-refractivity contribution in [2.75, 3.05) is 17.2 Å². The van der Waals surface area contributed by atoms with Crippen LogP contribution in [0.2, 0.25) is 0 Å². The SMILES string of the molecule is CCOc1ccc(NC(=O)c2ccc(C(=O)Nc3cc(C)ccc3C)cc2)cc1. The molecule has 0 radical (unpaired) electrons. The molecule has 29 heavy (non-hydrogen) atoms. The Bertz CT molecular complexity index is 1010. The smallest absolute Gasteiger partial charge is 0.255 e. The molecule has 0 saturated heterocycles. The summed E-state index contributed by atoms with van der Waals surface area (Å²) in [5.41, 5.74) is 4.50. The zero-order valence-corrected chi connectivity index (χ0v) is 16.8. The number of carbonyl (C=O) groups excluding carboxylic acids is 2. The van der Waals surface area contributed by atoms with Crippen molar-refractivity contribution in [3.8, 4) is 5.75 Å². The van der Waals surface area contributed by atoms with Gasteiger partial charge in [0, 0.05) is 22.5 Å². The molecule has 0 aromatic heterocycles. The zero-order valence-electron chi connectivity index (χ0n) is 16.8. The summed E-state index contributed by atoms with van der Waals surface area (Å²) in [5, 5.41) is 5.75. The summed E-state index contributed by atoms with van der Waals surface area (Å²) < 4.78 is 5.39. The molecule has 0 bridgehead atoms. The van der Waals surface area contributed by atoms with E-state index >= 15 is 0 Å². The molecule has 5 heteroatoms. The van der Waals surface area contributed by atoms with Crippen LogP contribution in [-0.2, 0) is 0 Å². The Balaban J connectivity index is 1.65. The molecule has 2 N–H and O–H groups in total. The number of amides is 2. The Hall–Kier alpha value is -3.60. The average Bonchev–Trinajstić information content (AvgIpc) is 2.72. The fraction of sp³-hybridized carbons (Fsp3) is 0.167. The Morgan fingerprint density at radius 2 is 1.38 bits per heavy atom. The van der Waals surface area contributed by atoms with Crippen LogP contribution in [0.3, 0.4) is 0 Å². The van der Waals surface area contributed by atoms with Crippen LogP contribution in [0.5, 0.6) is 5.75 Å². The van der Waals surface area contributed by atoms with Gasteiger partial charge in [-0.1, -0.05) is 12.1 Å². The second-order valence-electron chi connectivity index (χ2n) is 6.76. The number of carbonyl (C=O) groups is 2. The third kappa shape index (κ3) is 5.23. The molecule has 0 fully saturated rings. The van der Waals surface area contributed by atoms with E-state index in [1.54, 1.807) is 48.5 Å². The lowest BCUT2D eigenvalue weighted by Gasteiger charge is -2.10. The van der Waals surface area contributed by atoms with Crippen LogP contribution >= 0.6 is 0 Å².